The molecule has 0 saturated heterocycles. The Morgan fingerprint density at radius 2 is 2.00 bits per heavy atom. The first-order valence-electron chi connectivity index (χ1n) is 8.12. The highest BCUT2D eigenvalue weighted by molar-refractivity contribution is 5.85. The van der Waals surface area contributed by atoms with Crippen molar-refractivity contribution in [1.29, 1.82) is 0 Å². The molecular formula is C16H27N3O2. The van der Waals surface area contributed by atoms with Crippen LogP contribution < -0.4 is 11.1 Å². The fourth-order valence-electron chi connectivity index (χ4n) is 5.62. The van der Waals surface area contributed by atoms with E-state index in [4.69, 9.17) is 10.9 Å². The van der Waals surface area contributed by atoms with Gasteiger partial charge in [-0.1, -0.05) is 19.0 Å². The predicted molar refractivity (Wildman–Crippen MR) is 80.8 cm³/mol. The number of carbonyl (C=O) groups excluding carboxylic acids is 1. The van der Waals surface area contributed by atoms with Crippen LogP contribution in [-0.2, 0) is 4.79 Å². The van der Waals surface area contributed by atoms with E-state index in [0.717, 1.165) is 31.1 Å². The topological polar surface area (TPSA) is 87.7 Å². The maximum Gasteiger partial charge on any atom is 0.226 e. The van der Waals surface area contributed by atoms with Gasteiger partial charge < -0.3 is 16.3 Å². The van der Waals surface area contributed by atoms with Crippen LogP contribution in [0.2, 0.25) is 0 Å². The van der Waals surface area contributed by atoms with E-state index in [2.05, 4.69) is 17.4 Å². The zero-order valence-electron chi connectivity index (χ0n) is 13.1. The number of nitrogens with zero attached hydrogens (tertiary/aromatic N) is 1. The highest BCUT2D eigenvalue weighted by Crippen LogP contribution is 2.65. The van der Waals surface area contributed by atoms with Crippen LogP contribution in [0.4, 0.5) is 0 Å². The first kappa shape index (κ1) is 14.7. The van der Waals surface area contributed by atoms with Crippen molar-refractivity contribution in [2.45, 2.75) is 52.4 Å². The Bertz CT molecular complexity index is 460. The third kappa shape index (κ3) is 2.51. The molecule has 4 N–H and O–H groups in total. The monoisotopic (exact) mass is 293 g/mol. The number of amidine groups is 1. The Morgan fingerprint density at radius 3 is 2.52 bits per heavy atom. The summed E-state index contributed by atoms with van der Waals surface area (Å²) >= 11 is 0. The van der Waals surface area contributed by atoms with E-state index in [-0.39, 0.29) is 23.1 Å². The van der Waals surface area contributed by atoms with Gasteiger partial charge in [-0.2, -0.15) is 0 Å². The van der Waals surface area contributed by atoms with E-state index < -0.39 is 0 Å². The molecule has 118 valence electrons. The van der Waals surface area contributed by atoms with Crippen molar-refractivity contribution in [3.63, 3.8) is 0 Å². The molecule has 0 aliphatic heterocycles. The van der Waals surface area contributed by atoms with Gasteiger partial charge >= 0.3 is 0 Å². The Hall–Kier alpha value is -1.26. The number of carbonyl (C=O) groups is 1. The maximum atomic E-state index is 12.8. The molecular weight excluding hydrogens is 266 g/mol. The quantitative estimate of drug-likeness (QED) is 0.321. The largest absolute Gasteiger partial charge is 0.409 e. The Balaban J connectivity index is 1.67. The zero-order chi connectivity index (χ0) is 15.3. The summed E-state index contributed by atoms with van der Waals surface area (Å²) in [6, 6.07) is 0. The van der Waals surface area contributed by atoms with Crippen LogP contribution in [-0.4, -0.2) is 23.5 Å². The molecule has 0 aromatic heterocycles. The van der Waals surface area contributed by atoms with Crippen LogP contribution in [0, 0.1) is 28.6 Å². The fourth-order valence-corrected chi connectivity index (χ4v) is 5.62. The van der Waals surface area contributed by atoms with Crippen LogP contribution >= 0.6 is 0 Å². The van der Waals surface area contributed by atoms with Gasteiger partial charge in [0.2, 0.25) is 5.91 Å². The minimum Gasteiger partial charge on any atom is -0.409 e. The van der Waals surface area contributed by atoms with E-state index in [9.17, 15) is 4.79 Å². The molecule has 4 rings (SSSR count). The molecule has 0 spiro atoms. The zero-order valence-corrected chi connectivity index (χ0v) is 13.1. The lowest BCUT2D eigenvalue weighted by Crippen LogP contribution is -2.57. The number of amides is 1. The highest BCUT2D eigenvalue weighted by atomic mass is 16.4. The molecule has 21 heavy (non-hydrogen) atoms. The van der Waals surface area contributed by atoms with Crippen molar-refractivity contribution in [1.82, 2.24) is 5.32 Å². The van der Waals surface area contributed by atoms with E-state index in [1.54, 1.807) is 0 Å². The third-order valence-electron chi connectivity index (χ3n) is 6.02. The summed E-state index contributed by atoms with van der Waals surface area (Å²) in [7, 11) is 0. The number of nitrogens with one attached hydrogen (secondary N) is 1. The lowest BCUT2D eigenvalue weighted by molar-refractivity contribution is -0.155. The Kier molecular flexibility index (Phi) is 3.41. The summed E-state index contributed by atoms with van der Waals surface area (Å²) in [4.78, 5) is 12.8. The van der Waals surface area contributed by atoms with E-state index in [0.29, 0.717) is 12.0 Å². The average molecular weight is 293 g/mol. The Morgan fingerprint density at radius 1 is 1.38 bits per heavy atom. The van der Waals surface area contributed by atoms with Crippen molar-refractivity contribution < 1.29 is 10.0 Å². The first-order chi connectivity index (χ1) is 9.86. The van der Waals surface area contributed by atoms with Gasteiger partial charge in [-0.05, 0) is 55.8 Å². The second-order valence-corrected chi connectivity index (χ2v) is 8.19. The van der Waals surface area contributed by atoms with Crippen molar-refractivity contribution >= 4 is 11.7 Å². The molecule has 3 unspecified atom stereocenters. The fraction of sp³-hybridized carbons (Fsp3) is 0.875. The van der Waals surface area contributed by atoms with Crippen molar-refractivity contribution in [2.24, 2.45) is 39.5 Å². The van der Waals surface area contributed by atoms with E-state index >= 15 is 0 Å². The molecule has 0 radical (unpaired) electrons. The maximum absolute atomic E-state index is 12.8. The smallest absolute Gasteiger partial charge is 0.226 e. The second-order valence-electron chi connectivity index (χ2n) is 8.19. The van der Waals surface area contributed by atoms with E-state index in [1.807, 2.05) is 6.92 Å². The minimum atomic E-state index is -0.149. The van der Waals surface area contributed by atoms with Gasteiger partial charge in [-0.3, -0.25) is 4.79 Å². The molecule has 5 heteroatoms. The minimum absolute atomic E-state index is 0.136. The summed E-state index contributed by atoms with van der Waals surface area (Å²) < 4.78 is 0. The van der Waals surface area contributed by atoms with Crippen LogP contribution in [0.5, 0.6) is 0 Å². The summed E-state index contributed by atoms with van der Waals surface area (Å²) in [6.07, 6.45) is 7.09. The molecule has 3 atom stereocenters. The third-order valence-corrected chi connectivity index (χ3v) is 6.02. The number of rotatable bonds is 4. The van der Waals surface area contributed by atoms with Crippen molar-refractivity contribution in [3.05, 3.63) is 0 Å². The number of oxime groups is 1. The predicted octanol–water partition coefficient (Wildman–Crippen LogP) is 2.09. The first-order valence-corrected chi connectivity index (χ1v) is 8.12. The summed E-state index contributed by atoms with van der Waals surface area (Å²) in [5.41, 5.74) is 5.80. The van der Waals surface area contributed by atoms with Gasteiger partial charge in [0, 0.05) is 12.5 Å². The summed E-state index contributed by atoms with van der Waals surface area (Å²) in [5.74, 6) is 1.71. The SMILES string of the molecule is CC(CNC(=O)C12CC3CC(CC(C)(C3)C1)C2)C(N)=NO. The van der Waals surface area contributed by atoms with Crippen LogP contribution in [0.15, 0.2) is 5.16 Å². The second kappa shape index (κ2) is 4.89. The van der Waals surface area contributed by atoms with Gasteiger partial charge in [0.15, 0.2) is 0 Å². The van der Waals surface area contributed by atoms with Crippen LogP contribution in [0.25, 0.3) is 0 Å². The van der Waals surface area contributed by atoms with Crippen molar-refractivity contribution in [3.8, 4) is 0 Å². The molecule has 5 nitrogen and oxygen atoms in total. The van der Waals surface area contributed by atoms with Gasteiger partial charge in [0.1, 0.15) is 5.84 Å². The highest BCUT2D eigenvalue weighted by Gasteiger charge is 2.58. The van der Waals surface area contributed by atoms with Gasteiger partial charge in [-0.25, -0.2) is 0 Å². The summed E-state index contributed by atoms with van der Waals surface area (Å²) in [6.45, 7) is 4.67. The molecule has 4 bridgehead atoms. The molecule has 1 amide bonds. The van der Waals surface area contributed by atoms with Crippen LogP contribution in [0.3, 0.4) is 0 Å². The molecule has 0 heterocycles. The average Bonchev–Trinajstić information content (AvgIpc) is 2.40. The van der Waals surface area contributed by atoms with Gasteiger partial charge in [-0.15, -0.1) is 0 Å². The van der Waals surface area contributed by atoms with Crippen molar-refractivity contribution in [2.75, 3.05) is 6.54 Å². The lowest BCUT2D eigenvalue weighted by atomic mass is 9.44. The standard InChI is InChI=1S/C16H27N3O2/c1-10(13(17)19-21)8-18-14(20)16-6-11-3-12(7-16)5-15(2,4-11)9-16/h10-12,21H,3-9H2,1-2H3,(H2,17,19)(H,18,20). The normalized spacial score (nSPS) is 42.9. The van der Waals surface area contributed by atoms with Gasteiger partial charge in [0.25, 0.3) is 0 Å². The van der Waals surface area contributed by atoms with Gasteiger partial charge in [0.05, 0.1) is 5.41 Å². The van der Waals surface area contributed by atoms with Crippen LogP contribution in [0.1, 0.15) is 52.4 Å². The number of nitrogens with two attached hydrogens (primary N) is 1. The molecule has 4 fully saturated rings. The number of hydrogen-bond donors (Lipinski definition) is 3. The molecule has 0 aromatic carbocycles. The Labute approximate surface area is 126 Å². The number of hydrogen-bond acceptors (Lipinski definition) is 3. The summed E-state index contributed by atoms with van der Waals surface area (Å²) in [5, 5.41) is 14.8. The molecule has 4 aliphatic rings. The molecule has 4 saturated carbocycles. The lowest BCUT2D eigenvalue weighted by Gasteiger charge is -2.60. The molecule has 0 aromatic rings. The van der Waals surface area contributed by atoms with E-state index in [1.165, 1.54) is 19.3 Å². The molecule has 4 aliphatic carbocycles.